The molecule has 7 heteroatoms. The fourth-order valence-corrected chi connectivity index (χ4v) is 4.64. The van der Waals surface area contributed by atoms with Gasteiger partial charge in [-0.05, 0) is 31.9 Å². The molecule has 0 unspecified atom stereocenters. The van der Waals surface area contributed by atoms with Gasteiger partial charge in [0.05, 0.1) is 17.4 Å². The molecule has 1 aromatic carbocycles. The van der Waals surface area contributed by atoms with Crippen molar-refractivity contribution in [1.29, 1.82) is 0 Å². The molecule has 1 aromatic rings. The van der Waals surface area contributed by atoms with E-state index in [2.05, 4.69) is 0 Å². The van der Waals surface area contributed by atoms with Crippen LogP contribution in [0.3, 0.4) is 0 Å². The number of hydrogen-bond donors (Lipinski definition) is 0. The van der Waals surface area contributed by atoms with Crippen molar-refractivity contribution in [3.05, 3.63) is 29.8 Å². The zero-order valence-electron chi connectivity index (χ0n) is 13.3. The third-order valence-corrected chi connectivity index (χ3v) is 6.65. The molecule has 0 spiro atoms. The summed E-state index contributed by atoms with van der Waals surface area (Å²) in [6.45, 7) is 3.97. The zero-order chi connectivity index (χ0) is 16.4. The van der Waals surface area contributed by atoms with E-state index in [0.29, 0.717) is 44.1 Å². The zero-order valence-corrected chi connectivity index (χ0v) is 14.1. The fraction of sp³-hybridized carbons (Fsp3) is 0.562. The van der Waals surface area contributed by atoms with Crippen molar-refractivity contribution in [1.82, 2.24) is 9.21 Å². The number of ether oxygens (including phenoxy) is 1. The normalized spacial score (nSPS) is 19.6. The molecule has 1 amide bonds. The van der Waals surface area contributed by atoms with Crippen molar-refractivity contribution in [3.63, 3.8) is 0 Å². The largest absolute Gasteiger partial charge is 0.493 e. The van der Waals surface area contributed by atoms with Gasteiger partial charge in [-0.25, -0.2) is 8.42 Å². The van der Waals surface area contributed by atoms with Gasteiger partial charge in [0, 0.05) is 26.2 Å². The number of carbonyl (C=O) groups excluding carboxylic acids is 1. The predicted octanol–water partition coefficient (Wildman–Crippen LogP) is 1.34. The highest BCUT2D eigenvalue weighted by Crippen LogP contribution is 2.31. The van der Waals surface area contributed by atoms with Crippen LogP contribution < -0.4 is 4.74 Å². The van der Waals surface area contributed by atoms with Crippen LogP contribution in [0, 0.1) is 0 Å². The Morgan fingerprint density at radius 1 is 1.17 bits per heavy atom. The minimum atomic E-state index is -3.15. The standard InChI is InChI=1S/C16H22N2O4S/c1-2-22-15-6-4-3-5-14(15)16(19)17-9-11-18(12-10-17)23(20,21)13-7-8-13/h3-6,13H,2,7-12H2,1H3. The fourth-order valence-electron chi connectivity index (χ4n) is 2.82. The summed E-state index contributed by atoms with van der Waals surface area (Å²) in [5.74, 6) is 0.477. The lowest BCUT2D eigenvalue weighted by Gasteiger charge is -2.34. The van der Waals surface area contributed by atoms with E-state index in [1.807, 2.05) is 19.1 Å². The summed E-state index contributed by atoms with van der Waals surface area (Å²) in [7, 11) is -3.15. The van der Waals surface area contributed by atoms with Crippen LogP contribution >= 0.6 is 0 Å². The van der Waals surface area contributed by atoms with E-state index in [-0.39, 0.29) is 11.2 Å². The van der Waals surface area contributed by atoms with Crippen LogP contribution in [-0.4, -0.2) is 61.6 Å². The van der Waals surface area contributed by atoms with E-state index < -0.39 is 10.0 Å². The predicted molar refractivity (Wildman–Crippen MR) is 87.0 cm³/mol. The van der Waals surface area contributed by atoms with E-state index in [1.165, 1.54) is 4.31 Å². The molecule has 1 heterocycles. The summed E-state index contributed by atoms with van der Waals surface area (Å²) in [6.07, 6.45) is 1.53. The maximum atomic E-state index is 12.7. The topological polar surface area (TPSA) is 66.9 Å². The van der Waals surface area contributed by atoms with Gasteiger partial charge in [-0.1, -0.05) is 12.1 Å². The Morgan fingerprint density at radius 2 is 1.83 bits per heavy atom. The molecule has 1 saturated heterocycles. The number of carbonyl (C=O) groups is 1. The Labute approximate surface area is 137 Å². The second kappa shape index (κ2) is 6.49. The lowest BCUT2D eigenvalue weighted by Crippen LogP contribution is -2.51. The number of rotatable bonds is 5. The Bertz CT molecular complexity index is 677. The number of sulfonamides is 1. The van der Waals surface area contributed by atoms with E-state index in [1.54, 1.807) is 17.0 Å². The lowest BCUT2D eigenvalue weighted by molar-refractivity contribution is 0.0693. The van der Waals surface area contributed by atoms with Crippen LogP contribution in [0.5, 0.6) is 5.75 Å². The molecule has 0 N–H and O–H groups in total. The van der Waals surface area contributed by atoms with Crippen LogP contribution in [-0.2, 0) is 10.0 Å². The molecule has 0 atom stereocenters. The van der Waals surface area contributed by atoms with Gasteiger partial charge >= 0.3 is 0 Å². The molecule has 23 heavy (non-hydrogen) atoms. The summed E-state index contributed by atoms with van der Waals surface area (Å²) < 4.78 is 31.5. The Morgan fingerprint density at radius 3 is 2.43 bits per heavy atom. The molecule has 0 aromatic heterocycles. The molecular weight excluding hydrogens is 316 g/mol. The second-order valence-electron chi connectivity index (χ2n) is 5.86. The molecule has 126 valence electrons. The minimum absolute atomic E-state index is 0.0995. The summed E-state index contributed by atoms with van der Waals surface area (Å²) in [5, 5.41) is -0.191. The second-order valence-corrected chi connectivity index (χ2v) is 8.08. The van der Waals surface area contributed by atoms with E-state index in [0.717, 1.165) is 12.8 Å². The van der Waals surface area contributed by atoms with Gasteiger partial charge in [-0.3, -0.25) is 4.79 Å². The highest BCUT2D eigenvalue weighted by molar-refractivity contribution is 7.90. The molecule has 2 fully saturated rings. The summed E-state index contributed by atoms with van der Waals surface area (Å²) in [6, 6.07) is 7.18. The number of para-hydroxylation sites is 1. The van der Waals surface area contributed by atoms with Crippen LogP contribution in [0.15, 0.2) is 24.3 Å². The molecule has 0 radical (unpaired) electrons. The van der Waals surface area contributed by atoms with Crippen molar-refractivity contribution in [3.8, 4) is 5.75 Å². The van der Waals surface area contributed by atoms with Crippen LogP contribution in [0.4, 0.5) is 0 Å². The van der Waals surface area contributed by atoms with Crippen molar-refractivity contribution in [2.45, 2.75) is 25.0 Å². The van der Waals surface area contributed by atoms with Crippen LogP contribution in [0.1, 0.15) is 30.1 Å². The monoisotopic (exact) mass is 338 g/mol. The van der Waals surface area contributed by atoms with Gasteiger partial charge in [0.15, 0.2) is 0 Å². The SMILES string of the molecule is CCOc1ccccc1C(=O)N1CCN(S(=O)(=O)C2CC2)CC1. The van der Waals surface area contributed by atoms with E-state index in [9.17, 15) is 13.2 Å². The summed E-state index contributed by atoms with van der Waals surface area (Å²) in [4.78, 5) is 14.4. The Balaban J connectivity index is 1.67. The molecule has 1 saturated carbocycles. The quantitative estimate of drug-likeness (QED) is 0.812. The molecular formula is C16H22N2O4S. The Hall–Kier alpha value is -1.60. The first kappa shape index (κ1) is 16.3. The first-order valence-corrected chi connectivity index (χ1v) is 9.54. The third-order valence-electron chi connectivity index (χ3n) is 4.25. The van der Waals surface area contributed by atoms with Crippen molar-refractivity contribution < 1.29 is 17.9 Å². The van der Waals surface area contributed by atoms with E-state index >= 15 is 0 Å². The lowest BCUT2D eigenvalue weighted by atomic mass is 10.1. The molecule has 3 rings (SSSR count). The smallest absolute Gasteiger partial charge is 0.257 e. The number of nitrogens with zero attached hydrogens (tertiary/aromatic N) is 2. The average molecular weight is 338 g/mol. The third kappa shape index (κ3) is 3.35. The summed E-state index contributed by atoms with van der Waals surface area (Å²) in [5.41, 5.74) is 0.535. The number of benzene rings is 1. The number of piperazine rings is 1. The van der Waals surface area contributed by atoms with Crippen LogP contribution in [0.25, 0.3) is 0 Å². The molecule has 1 aliphatic heterocycles. The first-order chi connectivity index (χ1) is 11.0. The van der Waals surface area contributed by atoms with Crippen molar-refractivity contribution in [2.75, 3.05) is 32.8 Å². The van der Waals surface area contributed by atoms with Crippen molar-refractivity contribution >= 4 is 15.9 Å². The van der Waals surface area contributed by atoms with Gasteiger partial charge in [0.25, 0.3) is 5.91 Å². The first-order valence-electron chi connectivity index (χ1n) is 8.04. The van der Waals surface area contributed by atoms with Crippen molar-refractivity contribution in [2.24, 2.45) is 0 Å². The van der Waals surface area contributed by atoms with Gasteiger partial charge in [0.1, 0.15) is 5.75 Å². The molecule has 0 bridgehead atoms. The van der Waals surface area contributed by atoms with Gasteiger partial charge in [-0.2, -0.15) is 4.31 Å². The highest BCUT2D eigenvalue weighted by Gasteiger charge is 2.41. The number of amides is 1. The maximum Gasteiger partial charge on any atom is 0.257 e. The van der Waals surface area contributed by atoms with Crippen LogP contribution in [0.2, 0.25) is 0 Å². The molecule has 1 aliphatic carbocycles. The maximum absolute atomic E-state index is 12.7. The molecule has 6 nitrogen and oxygen atoms in total. The molecule has 2 aliphatic rings. The van der Waals surface area contributed by atoms with Gasteiger partial charge < -0.3 is 9.64 Å². The van der Waals surface area contributed by atoms with Gasteiger partial charge in [-0.15, -0.1) is 0 Å². The Kier molecular flexibility index (Phi) is 4.59. The summed E-state index contributed by atoms with van der Waals surface area (Å²) >= 11 is 0. The van der Waals surface area contributed by atoms with E-state index in [4.69, 9.17) is 4.74 Å². The van der Waals surface area contributed by atoms with Gasteiger partial charge in [0.2, 0.25) is 10.0 Å². The minimum Gasteiger partial charge on any atom is -0.493 e. The average Bonchev–Trinajstić information content (AvgIpc) is 3.41. The highest BCUT2D eigenvalue weighted by atomic mass is 32.2. The number of hydrogen-bond acceptors (Lipinski definition) is 4.